The predicted octanol–water partition coefficient (Wildman–Crippen LogP) is 1.55. The van der Waals surface area contributed by atoms with E-state index in [0.29, 0.717) is 12.1 Å². The van der Waals surface area contributed by atoms with Crippen molar-refractivity contribution in [1.29, 1.82) is 0 Å². The highest BCUT2D eigenvalue weighted by atomic mass is 19.1. The van der Waals surface area contributed by atoms with Crippen LogP contribution in [0.1, 0.15) is 6.92 Å². The first-order valence-corrected chi connectivity index (χ1v) is 6.46. The van der Waals surface area contributed by atoms with Crippen LogP contribution in [0.3, 0.4) is 0 Å². The summed E-state index contributed by atoms with van der Waals surface area (Å²) in [4.78, 5) is 4.44. The lowest BCUT2D eigenvalue weighted by molar-refractivity contribution is 0.297. The second-order valence-electron chi connectivity index (χ2n) is 5.41. The molecule has 1 aromatic carbocycles. The van der Waals surface area contributed by atoms with Gasteiger partial charge in [-0.15, -0.1) is 0 Å². The van der Waals surface area contributed by atoms with Gasteiger partial charge >= 0.3 is 0 Å². The van der Waals surface area contributed by atoms with Crippen LogP contribution in [0.4, 0.5) is 10.1 Å². The van der Waals surface area contributed by atoms with Crippen molar-refractivity contribution in [2.75, 3.05) is 38.6 Å². The molecule has 0 aromatic heterocycles. The third kappa shape index (κ3) is 3.43. The standard InChI is InChI=1S/C14H22FN3/c1-11-8-18(10-13(16-11)9-17(2)3)14-6-4-5-12(15)7-14/h4-7,11,13,16H,8-10H2,1-3H3. The Balaban J connectivity index is 2.08. The minimum Gasteiger partial charge on any atom is -0.368 e. The largest absolute Gasteiger partial charge is 0.368 e. The molecule has 4 heteroatoms. The number of nitrogens with zero attached hydrogens (tertiary/aromatic N) is 2. The van der Waals surface area contributed by atoms with Gasteiger partial charge in [-0.2, -0.15) is 0 Å². The van der Waals surface area contributed by atoms with Crippen LogP contribution in [0.2, 0.25) is 0 Å². The van der Waals surface area contributed by atoms with E-state index in [0.717, 1.165) is 25.3 Å². The maximum Gasteiger partial charge on any atom is 0.125 e. The molecular weight excluding hydrogens is 229 g/mol. The van der Waals surface area contributed by atoms with Gasteiger partial charge < -0.3 is 15.1 Å². The summed E-state index contributed by atoms with van der Waals surface area (Å²) in [7, 11) is 4.15. The third-order valence-corrected chi connectivity index (χ3v) is 3.21. The topological polar surface area (TPSA) is 18.5 Å². The van der Waals surface area contributed by atoms with Crippen molar-refractivity contribution in [3.63, 3.8) is 0 Å². The molecule has 0 saturated carbocycles. The molecule has 1 aliphatic heterocycles. The molecule has 18 heavy (non-hydrogen) atoms. The van der Waals surface area contributed by atoms with Crippen LogP contribution in [-0.4, -0.2) is 50.7 Å². The highest BCUT2D eigenvalue weighted by Crippen LogP contribution is 2.18. The minimum atomic E-state index is -0.164. The molecule has 0 spiro atoms. The zero-order valence-corrected chi connectivity index (χ0v) is 11.4. The Morgan fingerprint density at radius 3 is 2.83 bits per heavy atom. The highest BCUT2D eigenvalue weighted by Gasteiger charge is 2.24. The van der Waals surface area contributed by atoms with Crippen LogP contribution < -0.4 is 10.2 Å². The maximum absolute atomic E-state index is 13.3. The second-order valence-corrected chi connectivity index (χ2v) is 5.41. The molecule has 1 N–H and O–H groups in total. The van der Waals surface area contributed by atoms with E-state index in [1.807, 2.05) is 6.07 Å². The summed E-state index contributed by atoms with van der Waals surface area (Å²) in [5.41, 5.74) is 0.979. The number of likely N-dealkylation sites (N-methyl/N-ethyl adjacent to an activating group) is 1. The van der Waals surface area contributed by atoms with Crippen molar-refractivity contribution in [2.45, 2.75) is 19.0 Å². The van der Waals surface area contributed by atoms with E-state index in [-0.39, 0.29) is 5.82 Å². The Kier molecular flexibility index (Phi) is 4.19. The van der Waals surface area contributed by atoms with Gasteiger partial charge in [0.15, 0.2) is 0 Å². The summed E-state index contributed by atoms with van der Waals surface area (Å²) < 4.78 is 13.3. The van der Waals surface area contributed by atoms with E-state index in [1.54, 1.807) is 12.1 Å². The molecule has 2 unspecified atom stereocenters. The molecule has 0 aliphatic carbocycles. The van der Waals surface area contributed by atoms with Gasteiger partial charge in [0.05, 0.1) is 0 Å². The molecule has 1 fully saturated rings. The molecule has 0 amide bonds. The number of halogens is 1. The van der Waals surface area contributed by atoms with Crippen molar-refractivity contribution in [3.8, 4) is 0 Å². The number of hydrogen-bond acceptors (Lipinski definition) is 3. The molecular formula is C14H22FN3. The van der Waals surface area contributed by atoms with E-state index < -0.39 is 0 Å². The van der Waals surface area contributed by atoms with Crippen LogP contribution in [0, 0.1) is 5.82 Å². The number of anilines is 1. The smallest absolute Gasteiger partial charge is 0.125 e. The van der Waals surface area contributed by atoms with Crippen molar-refractivity contribution >= 4 is 5.69 Å². The Morgan fingerprint density at radius 1 is 1.39 bits per heavy atom. The summed E-state index contributed by atoms with van der Waals surface area (Å²) >= 11 is 0. The van der Waals surface area contributed by atoms with Crippen LogP contribution in [0.25, 0.3) is 0 Å². The zero-order valence-electron chi connectivity index (χ0n) is 11.4. The third-order valence-electron chi connectivity index (χ3n) is 3.21. The fraction of sp³-hybridized carbons (Fsp3) is 0.571. The van der Waals surface area contributed by atoms with Crippen LogP contribution in [-0.2, 0) is 0 Å². The van der Waals surface area contributed by atoms with Gasteiger partial charge in [-0.3, -0.25) is 0 Å². The lowest BCUT2D eigenvalue weighted by atomic mass is 10.1. The first-order valence-electron chi connectivity index (χ1n) is 6.46. The number of benzene rings is 1. The summed E-state index contributed by atoms with van der Waals surface area (Å²) in [5, 5.41) is 3.58. The number of piperazine rings is 1. The lowest BCUT2D eigenvalue weighted by Crippen LogP contribution is -2.58. The summed E-state index contributed by atoms with van der Waals surface area (Å²) in [6.45, 7) is 5.02. The van der Waals surface area contributed by atoms with Crippen molar-refractivity contribution in [2.24, 2.45) is 0 Å². The molecule has 0 bridgehead atoms. The Labute approximate surface area is 109 Å². The summed E-state index contributed by atoms with van der Waals surface area (Å²) in [6.07, 6.45) is 0. The number of hydrogen-bond donors (Lipinski definition) is 1. The molecule has 1 heterocycles. The van der Waals surface area contributed by atoms with Gasteiger partial charge in [0, 0.05) is 37.4 Å². The zero-order chi connectivity index (χ0) is 13.1. The van der Waals surface area contributed by atoms with E-state index in [9.17, 15) is 4.39 Å². The summed E-state index contributed by atoms with van der Waals surface area (Å²) in [6, 6.07) is 7.71. The monoisotopic (exact) mass is 251 g/mol. The predicted molar refractivity (Wildman–Crippen MR) is 73.6 cm³/mol. The van der Waals surface area contributed by atoms with E-state index >= 15 is 0 Å². The Hall–Kier alpha value is -1.13. The van der Waals surface area contributed by atoms with Gasteiger partial charge in [-0.25, -0.2) is 4.39 Å². The van der Waals surface area contributed by atoms with Crippen molar-refractivity contribution in [3.05, 3.63) is 30.1 Å². The van der Waals surface area contributed by atoms with Gasteiger partial charge in [0.25, 0.3) is 0 Å². The van der Waals surface area contributed by atoms with Gasteiger partial charge in [0.2, 0.25) is 0 Å². The van der Waals surface area contributed by atoms with Gasteiger partial charge in [-0.1, -0.05) is 6.07 Å². The van der Waals surface area contributed by atoms with Crippen molar-refractivity contribution < 1.29 is 4.39 Å². The van der Waals surface area contributed by atoms with Crippen molar-refractivity contribution in [1.82, 2.24) is 10.2 Å². The first-order chi connectivity index (χ1) is 8.54. The normalized spacial score (nSPS) is 24.6. The molecule has 100 valence electrons. The quantitative estimate of drug-likeness (QED) is 0.879. The number of nitrogens with one attached hydrogen (secondary N) is 1. The van der Waals surface area contributed by atoms with Gasteiger partial charge in [0.1, 0.15) is 5.82 Å². The molecule has 2 rings (SSSR count). The van der Waals surface area contributed by atoms with E-state index in [2.05, 4.69) is 36.1 Å². The van der Waals surface area contributed by atoms with E-state index in [4.69, 9.17) is 0 Å². The first kappa shape index (κ1) is 13.3. The molecule has 1 aliphatic rings. The Morgan fingerprint density at radius 2 is 2.17 bits per heavy atom. The SMILES string of the molecule is CC1CN(c2cccc(F)c2)CC(CN(C)C)N1. The second kappa shape index (κ2) is 5.67. The van der Waals surface area contributed by atoms with Crippen LogP contribution in [0.15, 0.2) is 24.3 Å². The summed E-state index contributed by atoms with van der Waals surface area (Å²) in [5.74, 6) is -0.164. The number of rotatable bonds is 3. The molecule has 2 atom stereocenters. The highest BCUT2D eigenvalue weighted by molar-refractivity contribution is 5.47. The average molecular weight is 251 g/mol. The molecule has 1 saturated heterocycles. The maximum atomic E-state index is 13.3. The lowest BCUT2D eigenvalue weighted by Gasteiger charge is -2.40. The van der Waals surface area contributed by atoms with Crippen LogP contribution >= 0.6 is 0 Å². The molecule has 0 radical (unpaired) electrons. The minimum absolute atomic E-state index is 0.164. The fourth-order valence-corrected chi connectivity index (χ4v) is 2.61. The van der Waals surface area contributed by atoms with E-state index in [1.165, 1.54) is 6.07 Å². The molecule has 1 aromatic rings. The fourth-order valence-electron chi connectivity index (χ4n) is 2.61. The van der Waals surface area contributed by atoms with Gasteiger partial charge in [-0.05, 0) is 39.2 Å². The average Bonchev–Trinajstić information content (AvgIpc) is 2.27. The molecule has 3 nitrogen and oxygen atoms in total. The van der Waals surface area contributed by atoms with Crippen LogP contribution in [0.5, 0.6) is 0 Å². The Bertz CT molecular complexity index is 392.